The van der Waals surface area contributed by atoms with Crippen LogP contribution in [0.5, 0.6) is 11.5 Å². The molecule has 7 nitrogen and oxygen atoms in total. The molecule has 1 aromatic carbocycles. The van der Waals surface area contributed by atoms with Crippen LogP contribution in [0.2, 0.25) is 0 Å². The number of hydrogen-bond donors (Lipinski definition) is 3. The summed E-state index contributed by atoms with van der Waals surface area (Å²) in [5.41, 5.74) is 0.842. The average molecular weight is 504 g/mol. The first kappa shape index (κ1) is 24.3. The number of carbonyl (C=O) groups excluding carboxylic acids is 1. The molecule has 1 saturated carbocycles. The second-order valence-electron chi connectivity index (χ2n) is 6.48. The number of ether oxygens (including phenoxy) is 2. The maximum absolute atomic E-state index is 12.0. The molecule has 28 heavy (non-hydrogen) atoms. The molecule has 8 heteroatoms. The van der Waals surface area contributed by atoms with Crippen LogP contribution in [0.4, 0.5) is 5.69 Å². The lowest BCUT2D eigenvalue weighted by Crippen LogP contribution is -2.34. The topological polar surface area (TPSA) is 84.0 Å². The zero-order chi connectivity index (χ0) is 19.5. The minimum atomic E-state index is 0. The highest BCUT2D eigenvalue weighted by Crippen LogP contribution is 2.30. The van der Waals surface area contributed by atoms with E-state index in [4.69, 9.17) is 9.47 Å². The molecule has 0 aliphatic heterocycles. The van der Waals surface area contributed by atoms with Crippen LogP contribution in [0.1, 0.15) is 46.0 Å². The first-order valence-corrected chi connectivity index (χ1v) is 9.81. The summed E-state index contributed by atoms with van der Waals surface area (Å²) in [5, 5.41) is 9.53. The zero-order valence-electron chi connectivity index (χ0n) is 17.0. The van der Waals surface area contributed by atoms with Gasteiger partial charge in [0, 0.05) is 30.8 Å². The van der Waals surface area contributed by atoms with E-state index in [2.05, 4.69) is 20.9 Å². The SMILES string of the molecule is CCNC(=NCCC(=O)NC1CCCC1)Nc1ccc(OC)c(OCC)c1.I. The molecule has 1 aliphatic carbocycles. The second-order valence-corrected chi connectivity index (χ2v) is 6.48. The van der Waals surface area contributed by atoms with Crippen molar-refractivity contribution in [3.05, 3.63) is 18.2 Å². The van der Waals surface area contributed by atoms with Gasteiger partial charge >= 0.3 is 0 Å². The van der Waals surface area contributed by atoms with Gasteiger partial charge in [0.25, 0.3) is 0 Å². The maximum Gasteiger partial charge on any atom is 0.222 e. The molecule has 0 bridgehead atoms. The summed E-state index contributed by atoms with van der Waals surface area (Å²) in [6.45, 7) is 5.66. The fourth-order valence-corrected chi connectivity index (χ4v) is 3.11. The van der Waals surface area contributed by atoms with Gasteiger partial charge < -0.3 is 25.4 Å². The largest absolute Gasteiger partial charge is 0.493 e. The standard InChI is InChI=1S/C20H32N4O3.HI/c1-4-21-20(22-13-12-19(25)23-15-8-6-7-9-15)24-16-10-11-17(26-3)18(14-16)27-5-2;/h10-11,14-15H,4-9,12-13H2,1-3H3,(H,23,25)(H2,21,22,24);1H. The molecular formula is C20H33IN4O3. The molecule has 0 saturated heterocycles. The number of rotatable bonds is 9. The molecule has 0 radical (unpaired) electrons. The van der Waals surface area contributed by atoms with Crippen molar-refractivity contribution in [3.63, 3.8) is 0 Å². The summed E-state index contributed by atoms with van der Waals surface area (Å²) in [4.78, 5) is 16.5. The van der Waals surface area contributed by atoms with Gasteiger partial charge in [-0.25, -0.2) is 0 Å². The van der Waals surface area contributed by atoms with Crippen molar-refractivity contribution < 1.29 is 14.3 Å². The number of hydrogen-bond acceptors (Lipinski definition) is 4. The molecule has 1 fully saturated rings. The van der Waals surface area contributed by atoms with Crippen molar-refractivity contribution in [2.45, 2.75) is 52.0 Å². The number of benzene rings is 1. The van der Waals surface area contributed by atoms with Crippen LogP contribution in [0, 0.1) is 0 Å². The van der Waals surface area contributed by atoms with E-state index in [9.17, 15) is 4.79 Å². The molecule has 3 N–H and O–H groups in total. The van der Waals surface area contributed by atoms with Gasteiger partial charge in [-0.05, 0) is 38.8 Å². The van der Waals surface area contributed by atoms with Gasteiger partial charge in [-0.2, -0.15) is 0 Å². The third kappa shape index (κ3) is 8.12. The number of amides is 1. The van der Waals surface area contributed by atoms with Crippen LogP contribution in [0.15, 0.2) is 23.2 Å². The second kappa shape index (κ2) is 13.5. The highest BCUT2D eigenvalue weighted by atomic mass is 127. The molecule has 1 amide bonds. The Balaban J connectivity index is 0.00000392. The Kier molecular flexibility index (Phi) is 11.7. The third-order valence-electron chi connectivity index (χ3n) is 4.40. The number of anilines is 1. The molecule has 0 unspecified atom stereocenters. The molecule has 2 rings (SSSR count). The van der Waals surface area contributed by atoms with Gasteiger partial charge in [0.05, 0.1) is 20.3 Å². The van der Waals surface area contributed by atoms with Crippen molar-refractivity contribution in [2.75, 3.05) is 32.1 Å². The lowest BCUT2D eigenvalue weighted by Gasteiger charge is -2.15. The minimum absolute atomic E-state index is 0. The van der Waals surface area contributed by atoms with E-state index in [0.717, 1.165) is 25.1 Å². The third-order valence-corrected chi connectivity index (χ3v) is 4.40. The fraction of sp³-hybridized carbons (Fsp3) is 0.600. The fourth-order valence-electron chi connectivity index (χ4n) is 3.11. The van der Waals surface area contributed by atoms with Crippen molar-refractivity contribution in [1.82, 2.24) is 10.6 Å². The number of methoxy groups -OCH3 is 1. The van der Waals surface area contributed by atoms with Crippen LogP contribution in [-0.2, 0) is 4.79 Å². The van der Waals surface area contributed by atoms with Gasteiger partial charge in [0.15, 0.2) is 17.5 Å². The molecule has 1 aliphatic rings. The summed E-state index contributed by atoms with van der Waals surface area (Å²) in [6.07, 6.45) is 5.00. The minimum Gasteiger partial charge on any atom is -0.493 e. The lowest BCUT2D eigenvalue weighted by atomic mass is 10.2. The monoisotopic (exact) mass is 504 g/mol. The quantitative estimate of drug-likeness (QED) is 0.272. The van der Waals surface area contributed by atoms with E-state index >= 15 is 0 Å². The van der Waals surface area contributed by atoms with Crippen LogP contribution < -0.4 is 25.4 Å². The summed E-state index contributed by atoms with van der Waals surface area (Å²) in [7, 11) is 1.62. The molecule has 1 aromatic rings. The first-order valence-electron chi connectivity index (χ1n) is 9.81. The van der Waals surface area contributed by atoms with Crippen LogP contribution in [-0.4, -0.2) is 44.7 Å². The Morgan fingerprint density at radius 1 is 1.21 bits per heavy atom. The molecule has 0 heterocycles. The van der Waals surface area contributed by atoms with Crippen molar-refractivity contribution in [1.29, 1.82) is 0 Å². The number of nitrogens with zero attached hydrogens (tertiary/aromatic N) is 1. The lowest BCUT2D eigenvalue weighted by molar-refractivity contribution is -0.121. The van der Waals surface area contributed by atoms with Crippen molar-refractivity contribution >= 4 is 41.5 Å². The zero-order valence-corrected chi connectivity index (χ0v) is 19.4. The van der Waals surface area contributed by atoms with Crippen molar-refractivity contribution in [3.8, 4) is 11.5 Å². The Bertz CT molecular complexity index is 634. The molecule has 0 atom stereocenters. The van der Waals surface area contributed by atoms with Gasteiger partial charge in [-0.15, -0.1) is 24.0 Å². The number of halogens is 1. The number of aliphatic imine (C=N–C) groups is 1. The predicted octanol–water partition coefficient (Wildman–Crippen LogP) is 3.54. The normalized spacial score (nSPS) is 14.2. The van der Waals surface area contributed by atoms with E-state index in [-0.39, 0.29) is 29.9 Å². The Morgan fingerprint density at radius 2 is 1.96 bits per heavy atom. The molecular weight excluding hydrogens is 471 g/mol. The Morgan fingerprint density at radius 3 is 2.61 bits per heavy atom. The van der Waals surface area contributed by atoms with E-state index in [1.165, 1.54) is 12.8 Å². The first-order chi connectivity index (χ1) is 13.2. The number of nitrogens with one attached hydrogen (secondary N) is 3. The Labute approximate surface area is 185 Å². The Hall–Kier alpha value is -1.71. The average Bonchev–Trinajstić information content (AvgIpc) is 3.15. The van der Waals surface area contributed by atoms with Gasteiger partial charge in [0.1, 0.15) is 0 Å². The van der Waals surface area contributed by atoms with Gasteiger partial charge in [0.2, 0.25) is 5.91 Å². The van der Waals surface area contributed by atoms with Crippen LogP contribution in [0.3, 0.4) is 0 Å². The molecule has 158 valence electrons. The van der Waals surface area contributed by atoms with Crippen LogP contribution >= 0.6 is 24.0 Å². The van der Waals surface area contributed by atoms with Gasteiger partial charge in [-0.3, -0.25) is 9.79 Å². The summed E-state index contributed by atoms with van der Waals surface area (Å²) in [6, 6.07) is 5.98. The number of guanidine groups is 1. The van der Waals surface area contributed by atoms with E-state index in [1.54, 1.807) is 7.11 Å². The maximum atomic E-state index is 12.0. The summed E-state index contributed by atoms with van der Waals surface area (Å²) in [5.74, 6) is 2.08. The van der Waals surface area contributed by atoms with Crippen LogP contribution in [0.25, 0.3) is 0 Å². The molecule has 0 spiro atoms. The highest BCUT2D eigenvalue weighted by molar-refractivity contribution is 14.0. The van der Waals surface area contributed by atoms with Gasteiger partial charge in [-0.1, -0.05) is 12.8 Å². The van der Waals surface area contributed by atoms with E-state index in [0.29, 0.717) is 43.1 Å². The smallest absolute Gasteiger partial charge is 0.222 e. The van der Waals surface area contributed by atoms with Crippen molar-refractivity contribution in [2.24, 2.45) is 4.99 Å². The number of carbonyl (C=O) groups is 1. The van der Waals surface area contributed by atoms with E-state index in [1.807, 2.05) is 32.0 Å². The van der Waals surface area contributed by atoms with E-state index < -0.39 is 0 Å². The highest BCUT2D eigenvalue weighted by Gasteiger charge is 2.16. The predicted molar refractivity (Wildman–Crippen MR) is 124 cm³/mol. The molecule has 0 aromatic heterocycles. The summed E-state index contributed by atoms with van der Waals surface area (Å²) >= 11 is 0. The summed E-state index contributed by atoms with van der Waals surface area (Å²) < 4.78 is 10.9.